The molecule has 1 saturated carbocycles. The van der Waals surface area contributed by atoms with Gasteiger partial charge in [0.05, 0.1) is 11.4 Å². The first-order valence-corrected chi connectivity index (χ1v) is 8.60. The third-order valence-electron chi connectivity index (χ3n) is 4.22. The minimum Gasteiger partial charge on any atom is -0.419 e. The van der Waals surface area contributed by atoms with E-state index in [2.05, 4.69) is 20.4 Å². The van der Waals surface area contributed by atoms with E-state index in [0.29, 0.717) is 18.0 Å². The molecule has 1 atom stereocenters. The Morgan fingerprint density at radius 2 is 2.29 bits per heavy atom. The van der Waals surface area contributed by atoms with Crippen LogP contribution >= 0.6 is 11.3 Å². The molecule has 1 N–H and O–H groups in total. The van der Waals surface area contributed by atoms with Gasteiger partial charge in [-0.05, 0) is 43.7 Å². The number of hydrogen-bond donors (Lipinski definition) is 1. The first-order chi connectivity index (χ1) is 10.4. The third-order valence-corrected chi connectivity index (χ3v) is 5.08. The number of hydrogen-bond acceptors (Lipinski definition) is 6. The molecule has 2 fully saturated rings. The molecule has 2 aromatic heterocycles. The van der Waals surface area contributed by atoms with E-state index in [1.54, 1.807) is 11.3 Å². The van der Waals surface area contributed by atoms with E-state index in [0.717, 1.165) is 30.4 Å². The minimum absolute atomic E-state index is 0.630. The molecule has 1 unspecified atom stereocenters. The van der Waals surface area contributed by atoms with Crippen LogP contribution in [0.4, 0.5) is 0 Å². The summed E-state index contributed by atoms with van der Waals surface area (Å²) in [5.41, 5.74) is 0. The maximum absolute atomic E-state index is 5.83. The molecule has 0 amide bonds. The minimum atomic E-state index is 0.630. The first-order valence-electron chi connectivity index (χ1n) is 7.72. The predicted molar refractivity (Wildman–Crippen MR) is 82.1 cm³/mol. The maximum Gasteiger partial charge on any atom is 0.257 e. The number of rotatable bonds is 6. The van der Waals surface area contributed by atoms with E-state index < -0.39 is 0 Å². The van der Waals surface area contributed by atoms with Gasteiger partial charge in [-0.15, -0.1) is 21.5 Å². The van der Waals surface area contributed by atoms with Crippen LogP contribution in [-0.4, -0.2) is 40.3 Å². The van der Waals surface area contributed by atoms with Gasteiger partial charge in [0.1, 0.15) is 0 Å². The van der Waals surface area contributed by atoms with E-state index in [1.165, 1.54) is 25.7 Å². The van der Waals surface area contributed by atoms with Crippen molar-refractivity contribution in [1.29, 1.82) is 0 Å². The van der Waals surface area contributed by atoms with Crippen LogP contribution in [0.5, 0.6) is 0 Å². The molecule has 4 rings (SSSR count). The molecule has 3 heterocycles. The summed E-state index contributed by atoms with van der Waals surface area (Å²) in [7, 11) is 0. The molecule has 1 saturated heterocycles. The standard InChI is InChI=1S/C15H20N4OS/c1-3-11(16-7-1)9-19(12-5-6-12)10-14-17-18-15(20-14)13-4-2-8-21-13/h2,4,8,11-12,16H,1,3,5-7,9-10H2. The largest absolute Gasteiger partial charge is 0.419 e. The predicted octanol–water partition coefficient (Wildman–Crippen LogP) is 2.51. The monoisotopic (exact) mass is 304 g/mol. The fourth-order valence-electron chi connectivity index (χ4n) is 2.97. The fraction of sp³-hybridized carbons (Fsp3) is 0.600. The van der Waals surface area contributed by atoms with Crippen molar-refractivity contribution in [1.82, 2.24) is 20.4 Å². The summed E-state index contributed by atoms with van der Waals surface area (Å²) in [6, 6.07) is 5.37. The normalized spacial score (nSPS) is 22.2. The van der Waals surface area contributed by atoms with Crippen molar-refractivity contribution in [2.75, 3.05) is 13.1 Å². The van der Waals surface area contributed by atoms with E-state index in [4.69, 9.17) is 4.42 Å². The highest BCUT2D eigenvalue weighted by Crippen LogP contribution is 2.30. The molecular formula is C15H20N4OS. The molecule has 1 aliphatic heterocycles. The van der Waals surface area contributed by atoms with Gasteiger partial charge in [0.25, 0.3) is 5.89 Å². The zero-order valence-corrected chi connectivity index (χ0v) is 12.8. The molecule has 2 aliphatic rings. The van der Waals surface area contributed by atoms with E-state index in [1.807, 2.05) is 17.5 Å². The Bertz CT molecular complexity index is 572. The molecule has 0 spiro atoms. The lowest BCUT2D eigenvalue weighted by atomic mass is 10.2. The molecule has 5 nitrogen and oxygen atoms in total. The van der Waals surface area contributed by atoms with Crippen LogP contribution in [0.1, 0.15) is 31.6 Å². The van der Waals surface area contributed by atoms with Crippen molar-refractivity contribution < 1.29 is 4.42 Å². The van der Waals surface area contributed by atoms with Crippen molar-refractivity contribution in [3.63, 3.8) is 0 Å². The van der Waals surface area contributed by atoms with Crippen molar-refractivity contribution >= 4 is 11.3 Å². The van der Waals surface area contributed by atoms with Crippen LogP contribution in [0.15, 0.2) is 21.9 Å². The molecule has 112 valence electrons. The van der Waals surface area contributed by atoms with E-state index in [9.17, 15) is 0 Å². The Hall–Kier alpha value is -1.24. The molecule has 2 aromatic rings. The molecular weight excluding hydrogens is 284 g/mol. The molecule has 0 bridgehead atoms. The number of nitrogens with zero attached hydrogens (tertiary/aromatic N) is 3. The molecule has 0 radical (unpaired) electrons. The Balaban J connectivity index is 1.43. The highest BCUT2D eigenvalue weighted by atomic mass is 32.1. The molecule has 6 heteroatoms. The second-order valence-corrected chi connectivity index (χ2v) is 6.88. The van der Waals surface area contributed by atoms with Gasteiger partial charge in [-0.1, -0.05) is 6.07 Å². The average Bonchev–Trinajstić information content (AvgIpc) is 2.93. The van der Waals surface area contributed by atoms with Crippen molar-refractivity contribution in [3.05, 3.63) is 23.4 Å². The maximum atomic E-state index is 5.83. The van der Waals surface area contributed by atoms with Crippen LogP contribution < -0.4 is 5.32 Å². The first kappa shape index (κ1) is 13.4. The number of aromatic nitrogens is 2. The molecule has 21 heavy (non-hydrogen) atoms. The van der Waals surface area contributed by atoms with Gasteiger partial charge in [-0.2, -0.15) is 0 Å². The van der Waals surface area contributed by atoms with Crippen LogP contribution in [0, 0.1) is 0 Å². The van der Waals surface area contributed by atoms with Gasteiger partial charge in [0.2, 0.25) is 5.89 Å². The Labute approximate surface area is 128 Å². The SMILES string of the molecule is c1csc(-c2nnc(CN(CC3CCCN3)C3CC3)o2)c1. The van der Waals surface area contributed by atoms with Gasteiger partial charge >= 0.3 is 0 Å². The second-order valence-electron chi connectivity index (χ2n) is 5.93. The highest BCUT2D eigenvalue weighted by Gasteiger charge is 2.32. The van der Waals surface area contributed by atoms with Crippen LogP contribution in [-0.2, 0) is 6.54 Å². The quantitative estimate of drug-likeness (QED) is 0.888. The van der Waals surface area contributed by atoms with Gasteiger partial charge in [0, 0.05) is 18.6 Å². The van der Waals surface area contributed by atoms with Crippen molar-refractivity contribution in [2.24, 2.45) is 0 Å². The van der Waals surface area contributed by atoms with Crippen LogP contribution in [0.25, 0.3) is 10.8 Å². The Kier molecular flexibility index (Phi) is 3.75. The topological polar surface area (TPSA) is 54.2 Å². The van der Waals surface area contributed by atoms with Gasteiger partial charge < -0.3 is 9.73 Å². The summed E-state index contributed by atoms with van der Waals surface area (Å²) < 4.78 is 5.83. The molecule has 0 aromatic carbocycles. The summed E-state index contributed by atoms with van der Waals surface area (Å²) in [4.78, 5) is 3.55. The summed E-state index contributed by atoms with van der Waals surface area (Å²) in [6.45, 7) is 3.04. The summed E-state index contributed by atoms with van der Waals surface area (Å²) >= 11 is 1.63. The lowest BCUT2D eigenvalue weighted by Crippen LogP contribution is -2.38. The second kappa shape index (κ2) is 5.87. The summed E-state index contributed by atoms with van der Waals surface area (Å²) in [5, 5.41) is 14.0. The lowest BCUT2D eigenvalue weighted by Gasteiger charge is -2.23. The fourth-order valence-corrected chi connectivity index (χ4v) is 3.61. The number of thiophene rings is 1. The number of nitrogens with one attached hydrogen (secondary N) is 1. The lowest BCUT2D eigenvalue weighted by molar-refractivity contribution is 0.210. The van der Waals surface area contributed by atoms with Crippen molar-refractivity contribution in [2.45, 2.75) is 44.3 Å². The zero-order chi connectivity index (χ0) is 14.1. The Morgan fingerprint density at radius 3 is 3.00 bits per heavy atom. The zero-order valence-electron chi connectivity index (χ0n) is 12.0. The average molecular weight is 304 g/mol. The van der Waals surface area contributed by atoms with Gasteiger partial charge in [0.15, 0.2) is 0 Å². The van der Waals surface area contributed by atoms with E-state index in [-0.39, 0.29) is 0 Å². The Morgan fingerprint density at radius 1 is 1.33 bits per heavy atom. The summed E-state index contributed by atoms with van der Waals surface area (Å²) in [6.07, 6.45) is 5.19. The smallest absolute Gasteiger partial charge is 0.257 e. The van der Waals surface area contributed by atoms with Crippen LogP contribution in [0.3, 0.4) is 0 Å². The molecule has 1 aliphatic carbocycles. The highest BCUT2D eigenvalue weighted by molar-refractivity contribution is 7.13. The van der Waals surface area contributed by atoms with Gasteiger partial charge in [-0.3, -0.25) is 4.90 Å². The third kappa shape index (κ3) is 3.17. The van der Waals surface area contributed by atoms with Crippen LogP contribution in [0.2, 0.25) is 0 Å². The summed E-state index contributed by atoms with van der Waals surface area (Å²) in [5.74, 6) is 1.39. The van der Waals surface area contributed by atoms with Crippen molar-refractivity contribution in [3.8, 4) is 10.8 Å². The van der Waals surface area contributed by atoms with Gasteiger partial charge in [-0.25, -0.2) is 0 Å². The van der Waals surface area contributed by atoms with E-state index >= 15 is 0 Å².